The first-order chi connectivity index (χ1) is 16.7. The number of carbonyl (C=O) groups excluding carboxylic acids is 1. The van der Waals surface area contributed by atoms with E-state index in [9.17, 15) is 24.5 Å². The normalized spacial score (nSPS) is 10.8. The van der Waals surface area contributed by atoms with E-state index >= 15 is 0 Å². The number of fused-ring (bicyclic) bond motifs is 1. The van der Waals surface area contributed by atoms with Crippen LogP contribution in [0.25, 0.3) is 22.4 Å². The number of nitro groups is 1. The number of nitrogens with zero attached hydrogens (tertiary/aromatic N) is 3. The molecule has 0 bridgehead atoms. The minimum atomic E-state index is -1.54. The van der Waals surface area contributed by atoms with Gasteiger partial charge >= 0.3 is 12.1 Å². The highest BCUT2D eigenvalue weighted by molar-refractivity contribution is 9.10. The van der Waals surface area contributed by atoms with Crippen LogP contribution in [-0.2, 0) is 17.9 Å². The molecule has 0 aliphatic carbocycles. The number of benzene rings is 2. The summed E-state index contributed by atoms with van der Waals surface area (Å²) in [6, 6.07) is 9.67. The maximum absolute atomic E-state index is 12.0. The summed E-state index contributed by atoms with van der Waals surface area (Å²) >= 11 is 3.33. The second-order valence-electron chi connectivity index (χ2n) is 7.16. The lowest BCUT2D eigenvalue weighted by Crippen LogP contribution is -2.23. The molecule has 4 rings (SSSR count). The van der Waals surface area contributed by atoms with Crippen LogP contribution in [-0.4, -0.2) is 42.0 Å². The van der Waals surface area contributed by atoms with Crippen molar-refractivity contribution in [2.45, 2.75) is 13.2 Å². The van der Waals surface area contributed by atoms with Gasteiger partial charge in [0.2, 0.25) is 5.69 Å². The topological polar surface area (TPSA) is 193 Å². The Hall–Kier alpha value is -4.59. The van der Waals surface area contributed by atoms with Crippen LogP contribution in [0.15, 0.2) is 51.9 Å². The van der Waals surface area contributed by atoms with E-state index in [-0.39, 0.29) is 41.3 Å². The van der Waals surface area contributed by atoms with E-state index in [1.165, 1.54) is 12.3 Å². The highest BCUT2D eigenvalue weighted by Crippen LogP contribution is 2.31. The molecule has 4 N–H and O–H groups in total. The van der Waals surface area contributed by atoms with E-state index in [0.717, 1.165) is 16.1 Å². The van der Waals surface area contributed by atoms with Gasteiger partial charge in [-0.2, -0.15) is 0 Å². The molecule has 0 atom stereocenters. The summed E-state index contributed by atoms with van der Waals surface area (Å²) in [5.41, 5.74) is -0.956. The molecule has 14 heteroatoms. The molecule has 13 nitrogen and oxygen atoms in total. The number of imidazole rings is 1. The highest BCUT2D eigenvalue weighted by atomic mass is 79.9. The fraction of sp³-hybridized carbons (Fsp3) is 0.0952. The van der Waals surface area contributed by atoms with E-state index < -0.39 is 33.9 Å². The van der Waals surface area contributed by atoms with Crippen molar-refractivity contribution in [3.63, 3.8) is 0 Å². The maximum Gasteiger partial charge on any atom is 0.407 e. The van der Waals surface area contributed by atoms with Gasteiger partial charge < -0.3 is 25.1 Å². The maximum atomic E-state index is 12.0. The number of aromatic nitrogens is 4. The number of rotatable bonds is 7. The van der Waals surface area contributed by atoms with Crippen molar-refractivity contribution in [3.05, 3.63) is 84.5 Å². The summed E-state index contributed by atoms with van der Waals surface area (Å²) in [6.07, 6.45) is 0.734. The van der Waals surface area contributed by atoms with Crippen LogP contribution in [0, 0.1) is 10.1 Å². The smallest absolute Gasteiger partial charge is 0.407 e. The minimum absolute atomic E-state index is 0.00401. The monoisotopic (exact) mass is 542 g/mol. The fourth-order valence-corrected chi connectivity index (χ4v) is 3.41. The van der Waals surface area contributed by atoms with Gasteiger partial charge in [0.05, 0.1) is 27.2 Å². The number of carboxylic acid groups (broad SMARTS) is 1. The third-order valence-corrected chi connectivity index (χ3v) is 5.32. The van der Waals surface area contributed by atoms with E-state index in [2.05, 4.69) is 41.2 Å². The number of amides is 1. The average Bonchev–Trinajstić information content (AvgIpc) is 3.30. The largest absolute Gasteiger partial charge is 0.476 e. The van der Waals surface area contributed by atoms with Crippen molar-refractivity contribution in [1.82, 2.24) is 25.3 Å². The van der Waals surface area contributed by atoms with Gasteiger partial charge in [0.25, 0.3) is 11.2 Å². The van der Waals surface area contributed by atoms with Crippen molar-refractivity contribution < 1.29 is 24.4 Å². The summed E-state index contributed by atoms with van der Waals surface area (Å²) in [7, 11) is 0. The molecule has 0 saturated carbocycles. The van der Waals surface area contributed by atoms with Crippen molar-refractivity contribution in [2.24, 2.45) is 0 Å². The number of H-pyrrole nitrogens is 2. The van der Waals surface area contributed by atoms with Crippen molar-refractivity contribution in [3.8, 4) is 11.4 Å². The van der Waals surface area contributed by atoms with E-state index in [4.69, 9.17) is 9.84 Å². The number of alkyl carbamates (subject to hydrolysis) is 1. The number of hydrogen-bond donors (Lipinski definition) is 4. The first-order valence-corrected chi connectivity index (χ1v) is 10.7. The van der Waals surface area contributed by atoms with Gasteiger partial charge in [0.1, 0.15) is 12.4 Å². The van der Waals surface area contributed by atoms with Crippen LogP contribution in [0.3, 0.4) is 0 Å². The van der Waals surface area contributed by atoms with Gasteiger partial charge in [-0.25, -0.2) is 19.6 Å². The standard InChI is InChI=1S/C21H15BrN6O7/c22-11-3-1-10(2-4-11)7-24-21(32)35-9-12-8-23-18(25-12)13-5-14-15(6-16(13)28(33)34)27-19(29)17(26-14)20(30)31/h1-6,8H,7,9H2,(H,23,25)(H,24,32)(H,27,29)(H,30,31). The molecule has 2 aromatic carbocycles. The summed E-state index contributed by atoms with van der Waals surface area (Å²) < 4.78 is 6.05. The molecule has 2 heterocycles. The summed E-state index contributed by atoms with van der Waals surface area (Å²) in [4.78, 5) is 59.0. The molecule has 178 valence electrons. The van der Waals surface area contributed by atoms with Crippen LogP contribution in [0.4, 0.5) is 10.5 Å². The predicted molar refractivity (Wildman–Crippen MR) is 125 cm³/mol. The molecule has 0 saturated heterocycles. The van der Waals surface area contributed by atoms with Crippen molar-refractivity contribution in [2.75, 3.05) is 0 Å². The Labute approximate surface area is 203 Å². The molecule has 4 aromatic rings. The lowest BCUT2D eigenvalue weighted by atomic mass is 10.1. The fourth-order valence-electron chi connectivity index (χ4n) is 3.15. The van der Waals surface area contributed by atoms with Gasteiger partial charge in [-0.1, -0.05) is 28.1 Å². The number of aromatic carboxylic acids is 1. The molecular weight excluding hydrogens is 528 g/mol. The zero-order chi connectivity index (χ0) is 25.1. The third-order valence-electron chi connectivity index (χ3n) is 4.80. The predicted octanol–water partition coefficient (Wildman–Crippen LogP) is 3.11. The zero-order valence-corrected chi connectivity index (χ0v) is 19.2. The number of aromatic amines is 2. The van der Waals surface area contributed by atoms with Crippen molar-refractivity contribution in [1.29, 1.82) is 0 Å². The van der Waals surface area contributed by atoms with Gasteiger partial charge in [0, 0.05) is 23.3 Å². The molecule has 0 aliphatic heterocycles. The molecule has 0 radical (unpaired) electrons. The second-order valence-corrected chi connectivity index (χ2v) is 8.08. The Bertz CT molecular complexity index is 1510. The Morgan fingerprint density at radius 2 is 1.94 bits per heavy atom. The molecule has 0 unspecified atom stereocenters. The summed E-state index contributed by atoms with van der Waals surface area (Å²) in [6.45, 7) is 0.0490. The lowest BCUT2D eigenvalue weighted by Gasteiger charge is -2.06. The number of halogens is 1. The third kappa shape index (κ3) is 5.33. The van der Waals surface area contributed by atoms with Crippen LogP contribution in [0.1, 0.15) is 21.7 Å². The number of carbonyl (C=O) groups is 2. The second kappa shape index (κ2) is 9.72. The molecule has 1 amide bonds. The summed E-state index contributed by atoms with van der Waals surface area (Å²) in [5, 5.41) is 23.3. The highest BCUT2D eigenvalue weighted by Gasteiger charge is 2.22. The van der Waals surface area contributed by atoms with E-state index in [0.29, 0.717) is 0 Å². The molecule has 35 heavy (non-hydrogen) atoms. The van der Waals surface area contributed by atoms with E-state index in [1.54, 1.807) is 0 Å². The van der Waals surface area contributed by atoms with Crippen molar-refractivity contribution >= 4 is 44.7 Å². The first-order valence-electron chi connectivity index (χ1n) is 9.87. The SMILES string of the molecule is O=C(NCc1ccc(Br)cc1)OCc1c[nH]c(-c2cc3nc(C(=O)O)c(=O)[nH]c3cc2[N+](=O)[O-])n1. The number of nitro benzene ring substituents is 1. The number of ether oxygens (including phenoxy) is 1. The van der Waals surface area contributed by atoms with Gasteiger partial charge in [-0.05, 0) is 23.8 Å². The van der Waals surface area contributed by atoms with Crippen LogP contribution in [0.2, 0.25) is 0 Å². The molecule has 2 aromatic heterocycles. The molecule has 0 aliphatic rings. The van der Waals surface area contributed by atoms with Gasteiger partial charge in [-0.15, -0.1) is 0 Å². The Morgan fingerprint density at radius 1 is 1.20 bits per heavy atom. The lowest BCUT2D eigenvalue weighted by molar-refractivity contribution is -0.384. The summed E-state index contributed by atoms with van der Waals surface area (Å²) in [5.74, 6) is -1.47. The minimum Gasteiger partial charge on any atom is -0.476 e. The van der Waals surface area contributed by atoms with Crippen LogP contribution >= 0.6 is 15.9 Å². The number of nitrogens with one attached hydrogen (secondary N) is 3. The molecule has 0 fully saturated rings. The number of carboxylic acids is 1. The Balaban J connectivity index is 1.52. The number of hydrogen-bond acceptors (Lipinski definition) is 8. The molecular formula is C21H15BrN6O7. The van der Waals surface area contributed by atoms with Crippen LogP contribution < -0.4 is 10.9 Å². The quantitative estimate of drug-likeness (QED) is 0.200. The van der Waals surface area contributed by atoms with Gasteiger partial charge in [0.15, 0.2) is 0 Å². The Morgan fingerprint density at radius 3 is 2.63 bits per heavy atom. The molecule has 0 spiro atoms. The first kappa shape index (κ1) is 23.6. The van der Waals surface area contributed by atoms with Crippen LogP contribution in [0.5, 0.6) is 0 Å². The Kier molecular flexibility index (Phi) is 6.55. The zero-order valence-electron chi connectivity index (χ0n) is 17.6. The van der Waals surface area contributed by atoms with E-state index in [1.807, 2.05) is 24.3 Å². The average molecular weight is 543 g/mol. The van der Waals surface area contributed by atoms with Gasteiger partial charge in [-0.3, -0.25) is 14.9 Å².